The van der Waals surface area contributed by atoms with E-state index in [0.717, 1.165) is 34.1 Å². The molecular weight excluding hydrogens is 436 g/mol. The predicted octanol–water partition coefficient (Wildman–Crippen LogP) is 3.45. The molecule has 2 aliphatic heterocycles. The maximum absolute atomic E-state index is 10.6. The molecule has 0 aromatic heterocycles. The number of benzene rings is 2. The number of hydrogen-bond acceptors (Lipinski definition) is 8. The lowest BCUT2D eigenvalue weighted by Gasteiger charge is -2.27. The van der Waals surface area contributed by atoms with Crippen molar-refractivity contribution in [1.29, 1.82) is 0 Å². The van der Waals surface area contributed by atoms with E-state index in [-0.39, 0.29) is 12.9 Å². The molecule has 8 nitrogen and oxygen atoms in total. The molecule has 0 bridgehead atoms. The van der Waals surface area contributed by atoms with E-state index in [1.165, 1.54) is 0 Å². The summed E-state index contributed by atoms with van der Waals surface area (Å²) in [5.74, 6) is 2.72. The fourth-order valence-electron chi connectivity index (χ4n) is 4.08. The minimum atomic E-state index is -0.597. The highest BCUT2D eigenvalue weighted by Crippen LogP contribution is 2.33. The Morgan fingerprint density at radius 1 is 1.12 bits per heavy atom. The molecule has 0 saturated carbocycles. The Bertz CT molecular complexity index is 980. The van der Waals surface area contributed by atoms with E-state index < -0.39 is 6.10 Å². The van der Waals surface area contributed by atoms with Crippen LogP contribution in [0.1, 0.15) is 31.4 Å². The van der Waals surface area contributed by atoms with Gasteiger partial charge in [-0.05, 0) is 41.8 Å². The fourth-order valence-corrected chi connectivity index (χ4v) is 4.08. The molecule has 2 aromatic rings. The van der Waals surface area contributed by atoms with Crippen LogP contribution in [-0.2, 0) is 16.1 Å². The highest BCUT2D eigenvalue weighted by Gasteiger charge is 2.27. The highest BCUT2D eigenvalue weighted by atomic mass is 16.7. The van der Waals surface area contributed by atoms with Crippen molar-refractivity contribution in [2.24, 2.45) is 11.1 Å². The van der Waals surface area contributed by atoms with Crippen LogP contribution in [0.2, 0.25) is 0 Å². The lowest BCUT2D eigenvalue weighted by atomic mass is 10.0. The number of aliphatic hydroxyl groups excluding tert-OH is 1. The smallest absolute Gasteiger partial charge is 0.231 e. The van der Waals surface area contributed by atoms with Crippen molar-refractivity contribution in [3.63, 3.8) is 0 Å². The molecule has 1 N–H and O–H groups in total. The zero-order valence-corrected chi connectivity index (χ0v) is 20.1. The van der Waals surface area contributed by atoms with Gasteiger partial charge in [0.15, 0.2) is 11.5 Å². The first kappa shape index (κ1) is 24.3. The third-order valence-corrected chi connectivity index (χ3v) is 5.67. The molecule has 0 radical (unpaired) electrons. The SMILES string of the molecule is COc1cccc(CN(C[C@H](O)COCC(C)C)C[C@H]2CC(c3ccc4c(c3)OCO4)=NO2)c1. The van der Waals surface area contributed by atoms with Crippen molar-refractivity contribution in [2.75, 3.05) is 40.2 Å². The summed E-state index contributed by atoms with van der Waals surface area (Å²) >= 11 is 0. The summed E-state index contributed by atoms with van der Waals surface area (Å²) in [6, 6.07) is 13.8. The fraction of sp³-hybridized carbons (Fsp3) is 0.500. The van der Waals surface area contributed by atoms with E-state index >= 15 is 0 Å². The molecule has 184 valence electrons. The van der Waals surface area contributed by atoms with Crippen LogP contribution in [0.15, 0.2) is 47.6 Å². The Labute approximate surface area is 201 Å². The van der Waals surface area contributed by atoms with Crippen molar-refractivity contribution in [3.8, 4) is 17.2 Å². The monoisotopic (exact) mass is 470 g/mol. The van der Waals surface area contributed by atoms with Gasteiger partial charge in [-0.25, -0.2) is 0 Å². The van der Waals surface area contributed by atoms with Crippen LogP contribution in [0, 0.1) is 5.92 Å². The number of ether oxygens (including phenoxy) is 4. The average Bonchev–Trinajstić information content (AvgIpc) is 3.47. The first-order valence-electron chi connectivity index (χ1n) is 11.7. The van der Waals surface area contributed by atoms with Crippen molar-refractivity contribution in [3.05, 3.63) is 53.6 Å². The van der Waals surface area contributed by atoms with Gasteiger partial charge in [0.25, 0.3) is 0 Å². The normalized spacial score (nSPS) is 17.7. The second kappa shape index (κ2) is 11.6. The summed E-state index contributed by atoms with van der Waals surface area (Å²) in [6.07, 6.45) is -0.0383. The molecule has 0 spiro atoms. The third-order valence-electron chi connectivity index (χ3n) is 5.67. The molecule has 0 fully saturated rings. The largest absolute Gasteiger partial charge is 0.497 e. The van der Waals surface area contributed by atoms with E-state index in [4.69, 9.17) is 23.8 Å². The average molecular weight is 471 g/mol. The lowest BCUT2D eigenvalue weighted by Crippen LogP contribution is -2.39. The first-order valence-corrected chi connectivity index (χ1v) is 11.7. The summed E-state index contributed by atoms with van der Waals surface area (Å²) in [6.45, 7) is 7.10. The quantitative estimate of drug-likeness (QED) is 0.509. The minimum absolute atomic E-state index is 0.116. The van der Waals surface area contributed by atoms with Gasteiger partial charge in [0.05, 0.1) is 25.5 Å². The minimum Gasteiger partial charge on any atom is -0.497 e. The Kier molecular flexibility index (Phi) is 8.26. The number of rotatable bonds is 12. The number of hydrogen-bond donors (Lipinski definition) is 1. The van der Waals surface area contributed by atoms with Crippen molar-refractivity contribution < 1.29 is 28.9 Å². The molecule has 0 saturated heterocycles. The molecule has 2 atom stereocenters. The maximum atomic E-state index is 10.6. The summed E-state index contributed by atoms with van der Waals surface area (Å²) in [5, 5.41) is 15.0. The molecule has 2 heterocycles. The van der Waals surface area contributed by atoms with Crippen LogP contribution in [-0.4, -0.2) is 68.1 Å². The Balaban J connectivity index is 1.38. The second-order valence-corrected chi connectivity index (χ2v) is 9.17. The standard InChI is InChI=1S/C26H34N2O6/c1-18(2)15-31-16-21(29)13-28(12-19-5-4-6-22(9-19)30-3)14-23-11-24(27-34-23)20-7-8-25-26(10-20)33-17-32-25/h4-10,18,21,23,29H,11-17H2,1-3H3/t21-,23+/m0/s1. The van der Waals surface area contributed by atoms with Crippen LogP contribution < -0.4 is 14.2 Å². The van der Waals surface area contributed by atoms with E-state index in [1.807, 2.05) is 36.4 Å². The van der Waals surface area contributed by atoms with Gasteiger partial charge < -0.3 is 28.9 Å². The number of aliphatic hydroxyl groups is 1. The van der Waals surface area contributed by atoms with Gasteiger partial charge in [-0.15, -0.1) is 0 Å². The van der Waals surface area contributed by atoms with Gasteiger partial charge in [0.2, 0.25) is 6.79 Å². The lowest BCUT2D eigenvalue weighted by molar-refractivity contribution is -0.00735. The molecule has 0 amide bonds. The van der Waals surface area contributed by atoms with Crippen LogP contribution in [0.25, 0.3) is 0 Å². The van der Waals surface area contributed by atoms with E-state index in [2.05, 4.69) is 30.0 Å². The van der Waals surface area contributed by atoms with Gasteiger partial charge in [-0.1, -0.05) is 31.1 Å². The molecule has 8 heteroatoms. The zero-order chi connectivity index (χ0) is 23.9. The van der Waals surface area contributed by atoms with Crippen LogP contribution in [0.3, 0.4) is 0 Å². The van der Waals surface area contributed by atoms with Crippen molar-refractivity contribution >= 4 is 5.71 Å². The van der Waals surface area contributed by atoms with Gasteiger partial charge in [0.1, 0.15) is 11.9 Å². The van der Waals surface area contributed by atoms with Crippen LogP contribution >= 0.6 is 0 Å². The van der Waals surface area contributed by atoms with Crippen LogP contribution in [0.5, 0.6) is 17.2 Å². The van der Waals surface area contributed by atoms with Crippen molar-refractivity contribution in [2.45, 2.75) is 39.0 Å². The van der Waals surface area contributed by atoms with Crippen molar-refractivity contribution in [1.82, 2.24) is 4.90 Å². The van der Waals surface area contributed by atoms with Gasteiger partial charge >= 0.3 is 0 Å². The number of nitrogens with zero attached hydrogens (tertiary/aromatic N) is 2. The third kappa shape index (κ3) is 6.62. The van der Waals surface area contributed by atoms with Gasteiger partial charge in [-0.2, -0.15) is 0 Å². The van der Waals surface area contributed by atoms with E-state index in [0.29, 0.717) is 45.2 Å². The second-order valence-electron chi connectivity index (χ2n) is 9.17. The van der Waals surface area contributed by atoms with Gasteiger partial charge in [0, 0.05) is 38.2 Å². The Morgan fingerprint density at radius 3 is 2.79 bits per heavy atom. The molecule has 0 aliphatic carbocycles. The molecule has 34 heavy (non-hydrogen) atoms. The predicted molar refractivity (Wildman–Crippen MR) is 129 cm³/mol. The summed E-state index contributed by atoms with van der Waals surface area (Å²) < 4.78 is 21.9. The molecule has 2 aromatic carbocycles. The molecule has 0 unspecified atom stereocenters. The topological polar surface area (TPSA) is 82.0 Å². The van der Waals surface area contributed by atoms with E-state index in [1.54, 1.807) is 7.11 Å². The number of methoxy groups -OCH3 is 1. The Morgan fingerprint density at radius 2 is 1.97 bits per heavy atom. The molecule has 2 aliphatic rings. The summed E-state index contributed by atoms with van der Waals surface area (Å²) in [7, 11) is 1.66. The van der Waals surface area contributed by atoms with Crippen LogP contribution in [0.4, 0.5) is 0 Å². The number of fused-ring (bicyclic) bond motifs is 1. The van der Waals surface area contributed by atoms with Gasteiger partial charge in [-0.3, -0.25) is 4.90 Å². The Hall–Kier alpha value is -2.81. The summed E-state index contributed by atoms with van der Waals surface area (Å²) in [4.78, 5) is 7.96. The molecule has 4 rings (SSSR count). The highest BCUT2D eigenvalue weighted by molar-refractivity contribution is 6.01. The van der Waals surface area contributed by atoms with E-state index in [9.17, 15) is 5.11 Å². The summed E-state index contributed by atoms with van der Waals surface area (Å²) in [5.41, 5.74) is 2.95. The zero-order valence-electron chi connectivity index (χ0n) is 20.1. The maximum Gasteiger partial charge on any atom is 0.231 e. The molecular formula is C26H34N2O6. The number of oxime groups is 1. The first-order chi connectivity index (χ1) is 16.5.